The summed E-state index contributed by atoms with van der Waals surface area (Å²) in [4.78, 5) is 9.24. The molecule has 0 spiro atoms. The lowest BCUT2D eigenvalue weighted by atomic mass is 10.1. The first-order chi connectivity index (χ1) is 13.2. The highest BCUT2D eigenvalue weighted by Gasteiger charge is 2.18. The third-order valence-electron chi connectivity index (χ3n) is 4.61. The van der Waals surface area contributed by atoms with E-state index in [1.165, 1.54) is 0 Å². The van der Waals surface area contributed by atoms with Crippen LogP contribution in [0.2, 0.25) is 5.02 Å². The smallest absolute Gasteiger partial charge is 0.149 e. The Morgan fingerprint density at radius 3 is 2.63 bits per heavy atom. The monoisotopic (exact) mass is 393 g/mol. The van der Waals surface area contributed by atoms with Gasteiger partial charge >= 0.3 is 0 Å². The first-order valence-electron chi connectivity index (χ1n) is 9.01. The van der Waals surface area contributed by atoms with Crippen molar-refractivity contribution < 1.29 is 0 Å². The van der Waals surface area contributed by atoms with Crippen molar-refractivity contribution in [2.75, 3.05) is 0 Å². The number of thioether (sulfide) groups is 1. The maximum absolute atomic E-state index is 6.24. The summed E-state index contributed by atoms with van der Waals surface area (Å²) < 4.78 is 2.10. The normalized spacial score (nSPS) is 12.4. The maximum atomic E-state index is 6.24. The van der Waals surface area contributed by atoms with E-state index in [0.717, 1.165) is 39.3 Å². The Hall–Kier alpha value is -2.30. The highest BCUT2D eigenvalue weighted by atomic mass is 35.5. The molecule has 2 aromatic heterocycles. The van der Waals surface area contributed by atoms with Crippen LogP contribution < -0.4 is 0 Å². The van der Waals surface area contributed by atoms with Crippen LogP contribution in [0.3, 0.4) is 0 Å². The van der Waals surface area contributed by atoms with Crippen LogP contribution >= 0.6 is 23.4 Å². The van der Waals surface area contributed by atoms with Gasteiger partial charge in [0.15, 0.2) is 0 Å². The molecule has 3 nitrogen and oxygen atoms in total. The van der Waals surface area contributed by atoms with E-state index in [0.29, 0.717) is 10.3 Å². The quantitative estimate of drug-likeness (QED) is 0.281. The van der Waals surface area contributed by atoms with Gasteiger partial charge in [-0.3, -0.25) is 0 Å². The Morgan fingerprint density at radius 2 is 1.89 bits per heavy atom. The number of hydrogen-bond acceptors (Lipinski definition) is 3. The largest absolute Gasteiger partial charge is 0.301 e. The molecule has 4 rings (SSSR count). The second-order valence-corrected chi connectivity index (χ2v) is 8.34. The molecular weight excluding hydrogens is 374 g/mol. The van der Waals surface area contributed by atoms with Crippen molar-refractivity contribution in [1.29, 1.82) is 0 Å². The first kappa shape index (κ1) is 18.1. The van der Waals surface area contributed by atoms with Crippen molar-refractivity contribution in [2.24, 2.45) is 0 Å². The van der Waals surface area contributed by atoms with Crippen molar-refractivity contribution in [3.05, 3.63) is 72.1 Å². The molecule has 4 aromatic rings. The molecule has 0 saturated heterocycles. The van der Waals surface area contributed by atoms with Gasteiger partial charge in [0.2, 0.25) is 0 Å². The van der Waals surface area contributed by atoms with Gasteiger partial charge in [-0.25, -0.2) is 9.97 Å². The van der Waals surface area contributed by atoms with Gasteiger partial charge < -0.3 is 4.57 Å². The molecule has 1 unspecified atom stereocenters. The van der Waals surface area contributed by atoms with Crippen molar-refractivity contribution in [3.63, 3.8) is 0 Å². The summed E-state index contributed by atoms with van der Waals surface area (Å²) in [6.45, 7) is 4.43. The van der Waals surface area contributed by atoms with Crippen LogP contribution in [0.1, 0.15) is 20.3 Å². The minimum absolute atomic E-state index is 0.487. The molecule has 5 heteroatoms. The van der Waals surface area contributed by atoms with Gasteiger partial charge in [0.1, 0.15) is 17.0 Å². The molecule has 0 N–H and O–H groups in total. The van der Waals surface area contributed by atoms with E-state index >= 15 is 0 Å². The summed E-state index contributed by atoms with van der Waals surface area (Å²) in [7, 11) is 0. The molecule has 0 bridgehead atoms. The predicted octanol–water partition coefficient (Wildman–Crippen LogP) is 6.63. The lowest BCUT2D eigenvalue weighted by Gasteiger charge is -2.10. The zero-order chi connectivity index (χ0) is 18.8. The van der Waals surface area contributed by atoms with E-state index in [-0.39, 0.29) is 0 Å². The number of aromatic nitrogens is 3. The fourth-order valence-corrected chi connectivity index (χ4v) is 4.22. The third-order valence-corrected chi connectivity index (χ3v) is 6.11. The second kappa shape index (κ2) is 7.75. The van der Waals surface area contributed by atoms with Crippen molar-refractivity contribution in [2.45, 2.75) is 30.5 Å². The van der Waals surface area contributed by atoms with Crippen LogP contribution in [0.15, 0.2) is 72.1 Å². The fraction of sp³-hybridized carbons (Fsp3) is 0.182. The molecule has 2 heterocycles. The number of rotatable bonds is 5. The zero-order valence-electron chi connectivity index (χ0n) is 15.3. The van der Waals surface area contributed by atoms with Crippen LogP contribution in [0.4, 0.5) is 0 Å². The molecule has 0 fully saturated rings. The third kappa shape index (κ3) is 3.60. The summed E-state index contributed by atoms with van der Waals surface area (Å²) in [5.41, 5.74) is 4.19. The van der Waals surface area contributed by atoms with Crippen LogP contribution in [-0.2, 0) is 0 Å². The average molecular weight is 394 g/mol. The average Bonchev–Trinajstić information content (AvgIpc) is 3.09. The van der Waals surface area contributed by atoms with Gasteiger partial charge in [-0.15, -0.1) is 11.8 Å². The zero-order valence-corrected chi connectivity index (χ0v) is 16.8. The highest BCUT2D eigenvalue weighted by molar-refractivity contribution is 8.00. The number of benzene rings is 2. The van der Waals surface area contributed by atoms with Crippen LogP contribution in [0, 0.1) is 0 Å². The SMILES string of the molecule is CCC(C)Sc1ncnc2c1c(-c1ccccc1)cn2-c1cccc(Cl)c1. The summed E-state index contributed by atoms with van der Waals surface area (Å²) >= 11 is 8.04. The number of nitrogens with zero attached hydrogens (tertiary/aromatic N) is 3. The Kier molecular flexibility index (Phi) is 5.19. The molecule has 0 aliphatic carbocycles. The molecule has 0 aliphatic heterocycles. The van der Waals surface area contributed by atoms with E-state index in [1.807, 2.05) is 30.3 Å². The molecule has 27 heavy (non-hydrogen) atoms. The van der Waals surface area contributed by atoms with Crippen molar-refractivity contribution in [3.8, 4) is 16.8 Å². The molecule has 0 amide bonds. The van der Waals surface area contributed by atoms with E-state index < -0.39 is 0 Å². The van der Waals surface area contributed by atoms with Gasteiger partial charge in [-0.1, -0.05) is 61.8 Å². The topological polar surface area (TPSA) is 30.7 Å². The van der Waals surface area contributed by atoms with Crippen LogP contribution in [-0.4, -0.2) is 19.8 Å². The molecule has 1 atom stereocenters. The summed E-state index contributed by atoms with van der Waals surface area (Å²) in [5.74, 6) is 0. The summed E-state index contributed by atoms with van der Waals surface area (Å²) in [5, 5.41) is 3.31. The van der Waals surface area contributed by atoms with Gasteiger partial charge in [0, 0.05) is 27.7 Å². The summed E-state index contributed by atoms with van der Waals surface area (Å²) in [6, 6.07) is 18.2. The lowest BCUT2D eigenvalue weighted by molar-refractivity contribution is 0.901. The van der Waals surface area contributed by atoms with E-state index in [1.54, 1.807) is 18.1 Å². The van der Waals surface area contributed by atoms with E-state index in [2.05, 4.69) is 58.8 Å². The second-order valence-electron chi connectivity index (χ2n) is 6.47. The van der Waals surface area contributed by atoms with E-state index in [9.17, 15) is 0 Å². The molecule has 136 valence electrons. The van der Waals surface area contributed by atoms with Gasteiger partial charge in [-0.05, 0) is 30.2 Å². The Morgan fingerprint density at radius 1 is 1.07 bits per heavy atom. The maximum Gasteiger partial charge on any atom is 0.149 e. The molecule has 2 aromatic carbocycles. The van der Waals surface area contributed by atoms with Gasteiger partial charge in [-0.2, -0.15) is 0 Å². The minimum Gasteiger partial charge on any atom is -0.301 e. The van der Waals surface area contributed by atoms with Gasteiger partial charge in [0.05, 0.1) is 5.39 Å². The standard InChI is InChI=1S/C22H20ClN3S/c1-3-15(2)27-22-20-19(16-8-5-4-6-9-16)13-26(21(20)24-14-25-22)18-11-7-10-17(23)12-18/h4-15H,3H2,1-2H3. The molecule has 0 saturated carbocycles. The van der Waals surface area contributed by atoms with Crippen molar-refractivity contribution in [1.82, 2.24) is 14.5 Å². The lowest BCUT2D eigenvalue weighted by Crippen LogP contribution is -1.97. The molecule has 0 aliphatic rings. The Labute approximate surface area is 168 Å². The number of halogens is 1. The highest BCUT2D eigenvalue weighted by Crippen LogP contribution is 2.38. The molecule has 0 radical (unpaired) electrons. The van der Waals surface area contributed by atoms with Crippen LogP contribution in [0.5, 0.6) is 0 Å². The van der Waals surface area contributed by atoms with E-state index in [4.69, 9.17) is 11.6 Å². The Balaban J connectivity index is 2.00. The molecular formula is C22H20ClN3S. The van der Waals surface area contributed by atoms with Crippen LogP contribution in [0.25, 0.3) is 27.8 Å². The van der Waals surface area contributed by atoms with Gasteiger partial charge in [0.25, 0.3) is 0 Å². The summed E-state index contributed by atoms with van der Waals surface area (Å²) in [6.07, 6.45) is 4.88. The number of fused-ring (bicyclic) bond motifs is 1. The number of hydrogen-bond donors (Lipinski definition) is 0. The fourth-order valence-electron chi connectivity index (χ4n) is 3.06. The first-order valence-corrected chi connectivity index (χ1v) is 10.3. The minimum atomic E-state index is 0.487. The van der Waals surface area contributed by atoms with Crippen molar-refractivity contribution >= 4 is 34.4 Å². The predicted molar refractivity (Wildman–Crippen MR) is 115 cm³/mol. The Bertz CT molecular complexity index is 1080.